The van der Waals surface area contributed by atoms with E-state index in [0.29, 0.717) is 0 Å². The molecule has 0 atom stereocenters. The average Bonchev–Trinajstić information content (AvgIpc) is 2.69. The SMILES string of the molecule is Cc1ccc(O)c(C(=O)N2CCN(S(=O)(=O)c3ccc(C(C)(C)C)cc3)CC2)c1. The monoisotopic (exact) mass is 416 g/mol. The molecule has 1 amide bonds. The molecule has 2 aromatic carbocycles. The number of sulfonamides is 1. The zero-order chi connectivity index (χ0) is 21.4. The van der Waals surface area contributed by atoms with Gasteiger partial charge >= 0.3 is 0 Å². The van der Waals surface area contributed by atoms with Crippen LogP contribution in [0.2, 0.25) is 0 Å². The van der Waals surface area contributed by atoms with Gasteiger partial charge in [-0.05, 0) is 42.2 Å². The van der Waals surface area contributed by atoms with Crippen molar-refractivity contribution in [2.24, 2.45) is 0 Å². The van der Waals surface area contributed by atoms with Crippen LogP contribution >= 0.6 is 0 Å². The molecule has 3 rings (SSSR count). The van der Waals surface area contributed by atoms with E-state index in [2.05, 4.69) is 20.8 Å². The Hall–Kier alpha value is -2.38. The molecule has 6 nitrogen and oxygen atoms in total. The van der Waals surface area contributed by atoms with Crippen molar-refractivity contribution in [1.82, 2.24) is 9.21 Å². The lowest BCUT2D eigenvalue weighted by Gasteiger charge is -2.34. The van der Waals surface area contributed by atoms with Crippen LogP contribution in [-0.2, 0) is 15.4 Å². The Labute approximate surface area is 172 Å². The molecule has 29 heavy (non-hydrogen) atoms. The van der Waals surface area contributed by atoms with Crippen LogP contribution in [0.5, 0.6) is 5.75 Å². The molecule has 156 valence electrons. The van der Waals surface area contributed by atoms with E-state index in [1.165, 1.54) is 10.4 Å². The van der Waals surface area contributed by atoms with Crippen LogP contribution < -0.4 is 0 Å². The number of carbonyl (C=O) groups is 1. The van der Waals surface area contributed by atoms with Gasteiger partial charge in [0, 0.05) is 26.2 Å². The molecule has 1 saturated heterocycles. The number of aryl methyl sites for hydroxylation is 1. The number of benzene rings is 2. The van der Waals surface area contributed by atoms with Gasteiger partial charge in [0.05, 0.1) is 10.5 Å². The lowest BCUT2D eigenvalue weighted by Crippen LogP contribution is -2.50. The van der Waals surface area contributed by atoms with Crippen molar-refractivity contribution in [3.8, 4) is 5.75 Å². The highest BCUT2D eigenvalue weighted by Crippen LogP contribution is 2.26. The second kappa shape index (κ2) is 7.80. The second-order valence-corrected chi connectivity index (χ2v) is 10.4. The van der Waals surface area contributed by atoms with E-state index in [1.54, 1.807) is 29.2 Å². The minimum absolute atomic E-state index is 0.0460. The molecule has 1 N–H and O–H groups in total. The van der Waals surface area contributed by atoms with Crippen molar-refractivity contribution in [2.45, 2.75) is 38.0 Å². The Morgan fingerprint density at radius 2 is 1.55 bits per heavy atom. The molecular weight excluding hydrogens is 388 g/mol. The minimum atomic E-state index is -3.61. The van der Waals surface area contributed by atoms with Gasteiger partial charge in [0.25, 0.3) is 5.91 Å². The third-order valence-electron chi connectivity index (χ3n) is 5.27. The molecule has 0 aliphatic carbocycles. The van der Waals surface area contributed by atoms with Crippen LogP contribution in [0.25, 0.3) is 0 Å². The van der Waals surface area contributed by atoms with Crippen LogP contribution in [0.4, 0.5) is 0 Å². The Morgan fingerprint density at radius 1 is 0.966 bits per heavy atom. The molecule has 0 saturated carbocycles. The topological polar surface area (TPSA) is 77.9 Å². The zero-order valence-electron chi connectivity index (χ0n) is 17.3. The zero-order valence-corrected chi connectivity index (χ0v) is 18.2. The normalized spacial score (nSPS) is 16.1. The number of aromatic hydroxyl groups is 1. The number of hydrogen-bond acceptors (Lipinski definition) is 4. The molecule has 1 heterocycles. The molecule has 1 aliphatic heterocycles. The molecule has 2 aromatic rings. The van der Waals surface area contributed by atoms with Crippen molar-refractivity contribution in [3.05, 3.63) is 59.2 Å². The molecule has 1 aliphatic rings. The van der Waals surface area contributed by atoms with E-state index in [9.17, 15) is 18.3 Å². The highest BCUT2D eigenvalue weighted by Gasteiger charge is 2.31. The number of phenols is 1. The molecular formula is C22H28N2O4S. The Bertz CT molecular complexity index is 1000. The van der Waals surface area contributed by atoms with Gasteiger partial charge in [-0.15, -0.1) is 0 Å². The van der Waals surface area contributed by atoms with Gasteiger partial charge in [-0.2, -0.15) is 4.31 Å². The standard InChI is InChI=1S/C22H28N2O4S/c1-16-5-10-20(25)19(15-16)21(26)23-11-13-24(14-12-23)29(27,28)18-8-6-17(7-9-18)22(2,3)4/h5-10,15,25H,11-14H2,1-4H3. The van der Waals surface area contributed by atoms with Crippen molar-refractivity contribution < 1.29 is 18.3 Å². The van der Waals surface area contributed by atoms with Gasteiger partial charge in [-0.3, -0.25) is 4.79 Å². The van der Waals surface area contributed by atoms with Gasteiger partial charge in [0.15, 0.2) is 0 Å². The first-order valence-corrected chi connectivity index (χ1v) is 11.1. The number of amides is 1. The smallest absolute Gasteiger partial charge is 0.257 e. The molecule has 0 radical (unpaired) electrons. The van der Waals surface area contributed by atoms with Crippen LogP contribution in [0.1, 0.15) is 42.3 Å². The Balaban J connectivity index is 1.71. The number of phenolic OH excluding ortho intramolecular Hbond substituents is 1. The molecule has 0 aromatic heterocycles. The summed E-state index contributed by atoms with van der Waals surface area (Å²) in [6.45, 7) is 9.11. The second-order valence-electron chi connectivity index (χ2n) is 8.49. The highest BCUT2D eigenvalue weighted by molar-refractivity contribution is 7.89. The predicted molar refractivity (Wildman–Crippen MR) is 113 cm³/mol. The molecule has 1 fully saturated rings. The van der Waals surface area contributed by atoms with Gasteiger partial charge in [-0.25, -0.2) is 8.42 Å². The summed E-state index contributed by atoms with van der Waals surface area (Å²) in [5.41, 5.74) is 2.16. The first-order valence-electron chi connectivity index (χ1n) is 9.70. The van der Waals surface area contributed by atoms with E-state index in [4.69, 9.17) is 0 Å². The fourth-order valence-electron chi connectivity index (χ4n) is 3.40. The average molecular weight is 417 g/mol. The molecule has 0 spiro atoms. The summed E-state index contributed by atoms with van der Waals surface area (Å²) < 4.78 is 27.4. The summed E-state index contributed by atoms with van der Waals surface area (Å²) >= 11 is 0. The fourth-order valence-corrected chi connectivity index (χ4v) is 4.82. The minimum Gasteiger partial charge on any atom is -0.507 e. The predicted octanol–water partition coefficient (Wildman–Crippen LogP) is 3.14. The largest absolute Gasteiger partial charge is 0.507 e. The Morgan fingerprint density at radius 3 is 2.10 bits per heavy atom. The van der Waals surface area contributed by atoms with Crippen LogP contribution in [0, 0.1) is 6.92 Å². The number of carbonyl (C=O) groups excluding carboxylic acids is 1. The van der Waals surface area contributed by atoms with E-state index < -0.39 is 10.0 Å². The maximum absolute atomic E-state index is 13.0. The van der Waals surface area contributed by atoms with Crippen LogP contribution in [0.3, 0.4) is 0 Å². The number of hydrogen-bond donors (Lipinski definition) is 1. The van der Waals surface area contributed by atoms with E-state index >= 15 is 0 Å². The first kappa shape index (κ1) is 21.3. The lowest BCUT2D eigenvalue weighted by atomic mass is 9.87. The third kappa shape index (κ3) is 4.46. The van der Waals surface area contributed by atoms with Crippen molar-refractivity contribution in [2.75, 3.05) is 26.2 Å². The van der Waals surface area contributed by atoms with E-state index in [0.717, 1.165) is 11.1 Å². The highest BCUT2D eigenvalue weighted by atomic mass is 32.2. The summed E-state index contributed by atoms with van der Waals surface area (Å²) in [5.74, 6) is -0.340. The van der Waals surface area contributed by atoms with Gasteiger partial charge in [0.2, 0.25) is 10.0 Å². The maximum atomic E-state index is 13.0. The van der Waals surface area contributed by atoms with Gasteiger partial charge in [0.1, 0.15) is 5.75 Å². The van der Waals surface area contributed by atoms with Crippen LogP contribution in [-0.4, -0.2) is 54.8 Å². The van der Waals surface area contributed by atoms with Crippen molar-refractivity contribution in [3.63, 3.8) is 0 Å². The third-order valence-corrected chi connectivity index (χ3v) is 7.18. The quantitative estimate of drug-likeness (QED) is 0.834. The summed E-state index contributed by atoms with van der Waals surface area (Å²) in [5, 5.41) is 9.99. The molecule has 7 heteroatoms. The first-order chi connectivity index (χ1) is 13.5. The summed E-state index contributed by atoms with van der Waals surface area (Å²) in [7, 11) is -3.61. The number of nitrogens with zero attached hydrogens (tertiary/aromatic N) is 2. The van der Waals surface area contributed by atoms with E-state index in [1.807, 2.05) is 19.1 Å². The number of piperazine rings is 1. The van der Waals surface area contributed by atoms with Crippen LogP contribution in [0.15, 0.2) is 47.4 Å². The summed E-state index contributed by atoms with van der Waals surface area (Å²) in [4.78, 5) is 14.6. The van der Waals surface area contributed by atoms with Crippen molar-refractivity contribution >= 4 is 15.9 Å². The number of rotatable bonds is 3. The Kier molecular flexibility index (Phi) is 5.74. The summed E-state index contributed by atoms with van der Waals surface area (Å²) in [6, 6.07) is 11.9. The maximum Gasteiger partial charge on any atom is 0.257 e. The van der Waals surface area contributed by atoms with Gasteiger partial charge in [-0.1, -0.05) is 44.5 Å². The summed E-state index contributed by atoms with van der Waals surface area (Å²) in [6.07, 6.45) is 0. The lowest BCUT2D eigenvalue weighted by molar-refractivity contribution is 0.0694. The molecule has 0 bridgehead atoms. The molecule has 0 unspecified atom stereocenters. The van der Waals surface area contributed by atoms with Gasteiger partial charge < -0.3 is 10.0 Å². The van der Waals surface area contributed by atoms with Crippen molar-refractivity contribution in [1.29, 1.82) is 0 Å². The fraction of sp³-hybridized carbons (Fsp3) is 0.409. The van der Waals surface area contributed by atoms with E-state index in [-0.39, 0.29) is 53.7 Å².